The van der Waals surface area contributed by atoms with Crippen LogP contribution in [0.25, 0.3) is 0 Å². The fraction of sp³-hybridized carbons (Fsp3) is 0.737. The number of carbonyl (C=O) groups is 1. The van der Waals surface area contributed by atoms with Crippen molar-refractivity contribution < 1.29 is 9.53 Å². The molecular weight excluding hydrogens is 352 g/mol. The molecule has 1 aromatic heterocycles. The molecule has 0 bridgehead atoms. The van der Waals surface area contributed by atoms with Crippen LogP contribution < -0.4 is 5.32 Å². The Bertz CT molecular complexity index is 612. The number of amides is 1. The van der Waals surface area contributed by atoms with Gasteiger partial charge in [0.15, 0.2) is 0 Å². The molecule has 1 aromatic rings. The van der Waals surface area contributed by atoms with Crippen molar-refractivity contribution in [3.63, 3.8) is 0 Å². The van der Waals surface area contributed by atoms with E-state index in [-0.39, 0.29) is 23.5 Å². The molecule has 1 unspecified atom stereocenters. The number of aromatic nitrogens is 2. The number of ether oxygens (including phenoxy) is 1. The highest BCUT2D eigenvalue weighted by atomic mass is 35.5. The summed E-state index contributed by atoms with van der Waals surface area (Å²) in [5, 5.41) is 3.55. The smallest absolute Gasteiger partial charge is 0.411 e. The van der Waals surface area contributed by atoms with E-state index in [1.165, 1.54) is 0 Å². The fourth-order valence-corrected chi connectivity index (χ4v) is 3.35. The summed E-state index contributed by atoms with van der Waals surface area (Å²) >= 11 is 6.15. The molecule has 146 valence electrons. The molecule has 7 heteroatoms. The molecule has 1 saturated heterocycles. The van der Waals surface area contributed by atoms with Gasteiger partial charge in [-0.2, -0.15) is 0 Å². The van der Waals surface area contributed by atoms with Crippen LogP contribution in [0.5, 0.6) is 0 Å². The maximum Gasteiger partial charge on any atom is 0.411 e. The Labute approximate surface area is 161 Å². The molecule has 0 aliphatic carbocycles. The van der Waals surface area contributed by atoms with Crippen molar-refractivity contribution in [3.8, 4) is 0 Å². The summed E-state index contributed by atoms with van der Waals surface area (Å²) in [4.78, 5) is 23.4. The van der Waals surface area contributed by atoms with E-state index < -0.39 is 5.60 Å². The second-order valence-corrected chi connectivity index (χ2v) is 8.21. The third-order valence-corrected chi connectivity index (χ3v) is 4.60. The van der Waals surface area contributed by atoms with Crippen LogP contribution in [-0.2, 0) is 11.2 Å². The van der Waals surface area contributed by atoms with E-state index in [9.17, 15) is 4.79 Å². The number of unbranched alkanes of at least 4 members (excludes halogenated alkanes) is 1. The highest BCUT2D eigenvalue weighted by Crippen LogP contribution is 2.27. The van der Waals surface area contributed by atoms with Gasteiger partial charge in [0.25, 0.3) is 0 Å². The van der Waals surface area contributed by atoms with E-state index in [1.807, 2.05) is 33.8 Å². The molecule has 0 spiro atoms. The lowest BCUT2D eigenvalue weighted by Gasteiger charge is -2.35. The van der Waals surface area contributed by atoms with Crippen molar-refractivity contribution >= 4 is 17.7 Å². The summed E-state index contributed by atoms with van der Waals surface area (Å²) in [6, 6.07) is 1.80. The predicted molar refractivity (Wildman–Crippen MR) is 103 cm³/mol. The topological polar surface area (TPSA) is 67.3 Å². The van der Waals surface area contributed by atoms with Crippen LogP contribution in [0.1, 0.15) is 71.3 Å². The number of hydrogen-bond acceptors (Lipinski definition) is 5. The van der Waals surface area contributed by atoms with Gasteiger partial charge < -0.3 is 10.1 Å². The van der Waals surface area contributed by atoms with Gasteiger partial charge in [-0.05, 0) is 71.2 Å². The Balaban J connectivity index is 2.29. The average molecular weight is 383 g/mol. The number of aryl methyl sites for hydroxylation is 1. The van der Waals surface area contributed by atoms with Crippen molar-refractivity contribution in [1.29, 1.82) is 0 Å². The summed E-state index contributed by atoms with van der Waals surface area (Å²) in [5.74, 6) is 0. The molecule has 1 aliphatic heterocycles. The van der Waals surface area contributed by atoms with Crippen LogP contribution in [0.15, 0.2) is 6.07 Å². The Morgan fingerprint density at radius 2 is 2.19 bits per heavy atom. The summed E-state index contributed by atoms with van der Waals surface area (Å²) in [6.45, 7) is 11.4. The van der Waals surface area contributed by atoms with E-state index >= 15 is 0 Å². The number of halogens is 1. The zero-order chi connectivity index (χ0) is 19.3. The van der Waals surface area contributed by atoms with Gasteiger partial charge in [0.2, 0.25) is 5.28 Å². The van der Waals surface area contributed by atoms with Gasteiger partial charge >= 0.3 is 6.09 Å². The zero-order valence-corrected chi connectivity index (χ0v) is 17.3. The van der Waals surface area contributed by atoms with E-state index in [2.05, 4.69) is 22.2 Å². The quantitative estimate of drug-likeness (QED) is 0.749. The number of nitrogens with one attached hydrogen (secondary N) is 1. The largest absolute Gasteiger partial charge is 0.444 e. The van der Waals surface area contributed by atoms with Gasteiger partial charge in [-0.25, -0.2) is 14.8 Å². The average Bonchev–Trinajstić information content (AvgIpc) is 3.04. The number of nitrogens with zero attached hydrogens (tertiary/aromatic N) is 3. The summed E-state index contributed by atoms with van der Waals surface area (Å²) in [6.07, 6.45) is 3.57. The van der Waals surface area contributed by atoms with E-state index in [4.69, 9.17) is 16.3 Å². The second-order valence-electron chi connectivity index (χ2n) is 7.87. The molecule has 1 N–H and O–H groups in total. The van der Waals surface area contributed by atoms with Gasteiger partial charge in [-0.15, -0.1) is 0 Å². The predicted octanol–water partition coefficient (Wildman–Crippen LogP) is 4.13. The van der Waals surface area contributed by atoms with Gasteiger partial charge in [0.1, 0.15) is 5.60 Å². The lowest BCUT2D eigenvalue weighted by molar-refractivity contribution is 0.00785. The molecule has 1 aliphatic rings. The third-order valence-electron chi connectivity index (χ3n) is 4.44. The van der Waals surface area contributed by atoms with Gasteiger partial charge in [-0.3, -0.25) is 4.90 Å². The molecule has 0 aromatic carbocycles. The monoisotopic (exact) mass is 382 g/mol. The van der Waals surface area contributed by atoms with Crippen molar-refractivity contribution in [2.24, 2.45) is 0 Å². The standard InChI is InChI=1S/C19H31ClN4O2/c1-6-7-8-14-11-16(23-17(20)22-14)13(2)24(15-9-10-21-12-15)18(25)26-19(3,4)5/h11,13,15,21H,6-10,12H2,1-5H3/t13-,15?/m0/s1. The molecule has 1 amide bonds. The lowest BCUT2D eigenvalue weighted by Crippen LogP contribution is -2.46. The number of carbonyl (C=O) groups excluding carboxylic acids is 1. The molecule has 1 fully saturated rings. The van der Waals surface area contributed by atoms with E-state index in [0.29, 0.717) is 0 Å². The first-order valence-corrected chi connectivity index (χ1v) is 9.84. The third kappa shape index (κ3) is 5.81. The van der Waals surface area contributed by atoms with Gasteiger partial charge in [0.05, 0.1) is 11.7 Å². The highest BCUT2D eigenvalue weighted by molar-refractivity contribution is 6.28. The molecule has 2 heterocycles. The zero-order valence-electron chi connectivity index (χ0n) is 16.5. The van der Waals surface area contributed by atoms with Crippen LogP contribution in [0.4, 0.5) is 4.79 Å². The molecule has 2 rings (SSSR count). The summed E-state index contributed by atoms with van der Waals surface area (Å²) in [7, 11) is 0. The van der Waals surface area contributed by atoms with Crippen LogP contribution >= 0.6 is 11.6 Å². The fourth-order valence-electron chi connectivity index (χ4n) is 3.14. The molecule has 6 nitrogen and oxygen atoms in total. The molecular formula is C19H31ClN4O2. The Morgan fingerprint density at radius 1 is 1.46 bits per heavy atom. The minimum absolute atomic E-state index is 0.0766. The molecule has 26 heavy (non-hydrogen) atoms. The minimum Gasteiger partial charge on any atom is -0.444 e. The van der Waals surface area contributed by atoms with Crippen LogP contribution in [0.2, 0.25) is 5.28 Å². The van der Waals surface area contributed by atoms with Crippen LogP contribution in [0.3, 0.4) is 0 Å². The SMILES string of the molecule is CCCCc1cc([C@H](C)N(C(=O)OC(C)(C)C)C2CCNC2)nc(Cl)n1. The number of hydrogen-bond donors (Lipinski definition) is 1. The van der Waals surface area contributed by atoms with Crippen molar-refractivity contribution in [3.05, 3.63) is 22.7 Å². The first kappa shape index (κ1) is 20.9. The van der Waals surface area contributed by atoms with Gasteiger partial charge in [0, 0.05) is 18.3 Å². The Morgan fingerprint density at radius 3 is 2.77 bits per heavy atom. The first-order valence-electron chi connectivity index (χ1n) is 9.46. The maximum absolute atomic E-state index is 12.9. The molecule has 0 radical (unpaired) electrons. The molecule has 2 atom stereocenters. The Hall–Kier alpha value is -1.40. The lowest BCUT2D eigenvalue weighted by atomic mass is 10.1. The van der Waals surface area contributed by atoms with Crippen molar-refractivity contribution in [2.75, 3.05) is 13.1 Å². The maximum atomic E-state index is 12.9. The summed E-state index contributed by atoms with van der Waals surface area (Å²) < 4.78 is 5.66. The van der Waals surface area contributed by atoms with E-state index in [1.54, 1.807) is 4.90 Å². The normalized spacial score (nSPS) is 18.6. The minimum atomic E-state index is -0.545. The van der Waals surface area contributed by atoms with Crippen molar-refractivity contribution in [2.45, 2.75) is 78.0 Å². The highest BCUT2D eigenvalue weighted by Gasteiger charge is 2.35. The molecule has 0 saturated carbocycles. The summed E-state index contributed by atoms with van der Waals surface area (Å²) in [5.41, 5.74) is 1.13. The van der Waals surface area contributed by atoms with E-state index in [0.717, 1.165) is 50.2 Å². The van der Waals surface area contributed by atoms with Crippen LogP contribution in [0, 0.1) is 0 Å². The van der Waals surface area contributed by atoms with Crippen molar-refractivity contribution in [1.82, 2.24) is 20.2 Å². The first-order chi connectivity index (χ1) is 12.2. The second kappa shape index (κ2) is 9.00. The van der Waals surface area contributed by atoms with Crippen LogP contribution in [-0.4, -0.2) is 45.7 Å². The number of rotatable bonds is 6. The van der Waals surface area contributed by atoms with Gasteiger partial charge in [-0.1, -0.05) is 13.3 Å². The Kier molecular flexibility index (Phi) is 7.24.